The maximum absolute atomic E-state index is 13.2. The molecular formula is C13H10BrFN2O. The molecule has 18 heavy (non-hydrogen) atoms. The Labute approximate surface area is 112 Å². The molecule has 2 N–H and O–H groups in total. The molecule has 1 aromatic heterocycles. The van der Waals surface area contributed by atoms with E-state index in [0.717, 1.165) is 4.47 Å². The number of carbonyl (C=O) groups is 1. The average molecular weight is 309 g/mol. The molecule has 2 rings (SSSR count). The molecule has 0 atom stereocenters. The van der Waals surface area contributed by atoms with Crippen molar-refractivity contribution >= 4 is 27.4 Å². The molecule has 0 amide bonds. The van der Waals surface area contributed by atoms with Crippen molar-refractivity contribution in [2.24, 2.45) is 0 Å². The van der Waals surface area contributed by atoms with Crippen LogP contribution in [-0.4, -0.2) is 10.8 Å². The summed E-state index contributed by atoms with van der Waals surface area (Å²) in [6, 6.07) is 7.74. The molecule has 1 aromatic carbocycles. The summed E-state index contributed by atoms with van der Waals surface area (Å²) in [6.45, 7) is 0. The van der Waals surface area contributed by atoms with Crippen molar-refractivity contribution in [2.45, 2.75) is 6.42 Å². The number of nitrogen functional groups attached to an aromatic ring is 1. The summed E-state index contributed by atoms with van der Waals surface area (Å²) in [5.74, 6) is -0.827. The SMILES string of the molecule is Nc1c(F)cccc1C(=O)Cc1ccc(Br)cn1. The van der Waals surface area contributed by atoms with E-state index in [4.69, 9.17) is 5.73 Å². The van der Waals surface area contributed by atoms with E-state index in [1.54, 1.807) is 18.3 Å². The number of aromatic nitrogens is 1. The normalized spacial score (nSPS) is 10.3. The van der Waals surface area contributed by atoms with Crippen molar-refractivity contribution in [3.8, 4) is 0 Å². The highest BCUT2D eigenvalue weighted by molar-refractivity contribution is 9.10. The standard InChI is InChI=1S/C13H10BrFN2O/c14-8-4-5-9(17-7-8)6-12(18)10-2-1-3-11(15)13(10)16/h1-5,7H,6,16H2. The predicted molar refractivity (Wildman–Crippen MR) is 70.8 cm³/mol. The first-order valence-corrected chi connectivity index (χ1v) is 6.05. The van der Waals surface area contributed by atoms with Crippen LogP contribution in [0.3, 0.4) is 0 Å². The van der Waals surface area contributed by atoms with Crippen molar-refractivity contribution < 1.29 is 9.18 Å². The number of Topliss-reactive ketones (excluding diaryl/α,β-unsaturated/α-hetero) is 1. The van der Waals surface area contributed by atoms with E-state index in [9.17, 15) is 9.18 Å². The number of pyridine rings is 1. The first-order valence-electron chi connectivity index (χ1n) is 5.25. The maximum atomic E-state index is 13.2. The Balaban J connectivity index is 2.22. The molecule has 0 fully saturated rings. The van der Waals surface area contributed by atoms with Gasteiger partial charge in [0.2, 0.25) is 0 Å². The molecular weight excluding hydrogens is 299 g/mol. The fourth-order valence-corrected chi connectivity index (χ4v) is 1.79. The molecule has 0 aliphatic carbocycles. The van der Waals surface area contributed by atoms with Gasteiger partial charge in [0.1, 0.15) is 5.82 Å². The van der Waals surface area contributed by atoms with Gasteiger partial charge in [-0.2, -0.15) is 0 Å². The lowest BCUT2D eigenvalue weighted by Crippen LogP contribution is -2.09. The number of anilines is 1. The number of hydrogen-bond acceptors (Lipinski definition) is 3. The van der Waals surface area contributed by atoms with Crippen LogP contribution in [0.2, 0.25) is 0 Å². The topological polar surface area (TPSA) is 56.0 Å². The zero-order valence-electron chi connectivity index (χ0n) is 9.36. The summed E-state index contributed by atoms with van der Waals surface area (Å²) in [5, 5.41) is 0. The van der Waals surface area contributed by atoms with Crippen LogP contribution in [0, 0.1) is 5.82 Å². The van der Waals surface area contributed by atoms with Gasteiger partial charge in [0, 0.05) is 21.9 Å². The number of benzene rings is 1. The molecule has 0 aliphatic heterocycles. The Kier molecular flexibility index (Phi) is 3.72. The monoisotopic (exact) mass is 308 g/mol. The van der Waals surface area contributed by atoms with Gasteiger partial charge in [-0.05, 0) is 40.2 Å². The highest BCUT2D eigenvalue weighted by atomic mass is 79.9. The van der Waals surface area contributed by atoms with Crippen LogP contribution in [0.15, 0.2) is 41.0 Å². The average Bonchev–Trinajstić information content (AvgIpc) is 2.35. The summed E-state index contributed by atoms with van der Waals surface area (Å²) >= 11 is 3.26. The first-order chi connectivity index (χ1) is 8.58. The van der Waals surface area contributed by atoms with Crippen LogP contribution in [0.4, 0.5) is 10.1 Å². The molecule has 2 aromatic rings. The number of nitrogens with two attached hydrogens (primary N) is 1. The molecule has 1 heterocycles. The Bertz CT molecular complexity index is 584. The van der Waals surface area contributed by atoms with Crippen molar-refractivity contribution in [1.82, 2.24) is 4.98 Å². The van der Waals surface area contributed by atoms with Gasteiger partial charge in [0.15, 0.2) is 5.78 Å². The smallest absolute Gasteiger partial charge is 0.170 e. The molecule has 5 heteroatoms. The highest BCUT2D eigenvalue weighted by Crippen LogP contribution is 2.18. The van der Waals surface area contributed by atoms with Gasteiger partial charge in [-0.15, -0.1) is 0 Å². The maximum Gasteiger partial charge on any atom is 0.170 e. The zero-order chi connectivity index (χ0) is 13.1. The lowest BCUT2D eigenvalue weighted by Gasteiger charge is -2.05. The second kappa shape index (κ2) is 5.27. The van der Waals surface area contributed by atoms with Crippen LogP contribution in [-0.2, 0) is 6.42 Å². The van der Waals surface area contributed by atoms with Crippen molar-refractivity contribution in [3.05, 3.63) is 58.1 Å². The van der Waals surface area contributed by atoms with Gasteiger partial charge in [0.05, 0.1) is 12.1 Å². The number of halogens is 2. The molecule has 0 unspecified atom stereocenters. The Morgan fingerprint density at radius 1 is 1.33 bits per heavy atom. The third kappa shape index (κ3) is 2.73. The minimum absolute atomic E-state index is 0.0981. The van der Waals surface area contributed by atoms with Crippen LogP contribution in [0.5, 0.6) is 0 Å². The minimum Gasteiger partial charge on any atom is -0.396 e. The lowest BCUT2D eigenvalue weighted by molar-refractivity contribution is 0.0992. The molecule has 0 radical (unpaired) electrons. The number of para-hydroxylation sites is 1. The van der Waals surface area contributed by atoms with E-state index < -0.39 is 5.82 Å². The number of nitrogens with zero attached hydrogens (tertiary/aromatic N) is 1. The summed E-state index contributed by atoms with van der Waals surface area (Å²) in [6.07, 6.45) is 1.71. The van der Waals surface area contributed by atoms with E-state index in [1.807, 2.05) is 0 Å². The Hall–Kier alpha value is -1.75. The van der Waals surface area contributed by atoms with Crippen molar-refractivity contribution in [2.75, 3.05) is 5.73 Å². The summed E-state index contributed by atoms with van der Waals surface area (Å²) in [5.41, 5.74) is 6.24. The zero-order valence-corrected chi connectivity index (χ0v) is 10.9. The number of rotatable bonds is 3. The van der Waals surface area contributed by atoms with Gasteiger partial charge in [0.25, 0.3) is 0 Å². The Morgan fingerprint density at radius 2 is 2.11 bits per heavy atom. The largest absolute Gasteiger partial charge is 0.396 e. The van der Waals surface area contributed by atoms with Crippen LogP contribution >= 0.6 is 15.9 Å². The minimum atomic E-state index is -0.579. The predicted octanol–water partition coefficient (Wildman–Crippen LogP) is 2.99. The lowest BCUT2D eigenvalue weighted by atomic mass is 10.0. The molecule has 0 saturated carbocycles. The van der Waals surface area contributed by atoms with E-state index in [1.165, 1.54) is 18.2 Å². The molecule has 3 nitrogen and oxygen atoms in total. The number of carbonyl (C=O) groups excluding carboxylic acids is 1. The molecule has 0 spiro atoms. The highest BCUT2D eigenvalue weighted by Gasteiger charge is 2.13. The van der Waals surface area contributed by atoms with E-state index in [0.29, 0.717) is 5.69 Å². The van der Waals surface area contributed by atoms with Crippen LogP contribution in [0.25, 0.3) is 0 Å². The fourth-order valence-electron chi connectivity index (χ4n) is 1.55. The number of ketones is 1. The third-order valence-electron chi connectivity index (χ3n) is 2.48. The van der Waals surface area contributed by atoms with E-state index in [2.05, 4.69) is 20.9 Å². The van der Waals surface area contributed by atoms with Gasteiger partial charge < -0.3 is 5.73 Å². The van der Waals surface area contributed by atoms with E-state index in [-0.39, 0.29) is 23.5 Å². The van der Waals surface area contributed by atoms with Gasteiger partial charge >= 0.3 is 0 Å². The molecule has 92 valence electrons. The Morgan fingerprint density at radius 3 is 2.78 bits per heavy atom. The first kappa shape index (κ1) is 12.7. The quantitative estimate of drug-likeness (QED) is 0.700. The second-order valence-electron chi connectivity index (χ2n) is 3.77. The van der Waals surface area contributed by atoms with Crippen LogP contribution in [0.1, 0.15) is 16.1 Å². The van der Waals surface area contributed by atoms with Crippen LogP contribution < -0.4 is 5.73 Å². The third-order valence-corrected chi connectivity index (χ3v) is 2.95. The molecule has 0 aliphatic rings. The molecule has 0 saturated heterocycles. The van der Waals surface area contributed by atoms with Crippen molar-refractivity contribution in [3.63, 3.8) is 0 Å². The van der Waals surface area contributed by atoms with Gasteiger partial charge in [-0.1, -0.05) is 6.07 Å². The second-order valence-corrected chi connectivity index (χ2v) is 4.68. The number of hydrogen-bond donors (Lipinski definition) is 1. The summed E-state index contributed by atoms with van der Waals surface area (Å²) in [4.78, 5) is 16.1. The van der Waals surface area contributed by atoms with E-state index >= 15 is 0 Å². The summed E-state index contributed by atoms with van der Waals surface area (Å²) in [7, 11) is 0. The van der Waals surface area contributed by atoms with Gasteiger partial charge in [-0.25, -0.2) is 4.39 Å². The fraction of sp³-hybridized carbons (Fsp3) is 0.0769. The van der Waals surface area contributed by atoms with Gasteiger partial charge in [-0.3, -0.25) is 9.78 Å². The van der Waals surface area contributed by atoms with Crippen molar-refractivity contribution in [1.29, 1.82) is 0 Å². The summed E-state index contributed by atoms with van der Waals surface area (Å²) < 4.78 is 14.1. The molecule has 0 bridgehead atoms.